The van der Waals surface area contributed by atoms with Gasteiger partial charge in [-0.25, -0.2) is 4.39 Å². The lowest BCUT2D eigenvalue weighted by Gasteiger charge is -2.34. The average Bonchev–Trinajstić information content (AvgIpc) is 2.85. The third kappa shape index (κ3) is 3.09. The summed E-state index contributed by atoms with van der Waals surface area (Å²) in [4.78, 5) is 2.22. The van der Waals surface area contributed by atoms with Crippen molar-refractivity contribution in [2.24, 2.45) is 0 Å². The van der Waals surface area contributed by atoms with E-state index >= 15 is 0 Å². The zero-order chi connectivity index (χ0) is 17.4. The first-order valence-corrected chi connectivity index (χ1v) is 9.19. The van der Waals surface area contributed by atoms with Crippen molar-refractivity contribution < 1.29 is 9.13 Å². The zero-order valence-corrected chi connectivity index (χ0v) is 15.1. The van der Waals surface area contributed by atoms with E-state index in [1.54, 1.807) is 18.2 Å². The van der Waals surface area contributed by atoms with Crippen LogP contribution in [0.25, 0.3) is 0 Å². The molecule has 4 rings (SSSR count). The third-order valence-electron chi connectivity index (χ3n) is 5.18. The Morgan fingerprint density at radius 2 is 2.12 bits per heavy atom. The summed E-state index contributed by atoms with van der Waals surface area (Å²) in [6, 6.07) is 7.38. The number of benzene rings is 2. The van der Waals surface area contributed by atoms with E-state index in [1.807, 2.05) is 0 Å². The highest BCUT2D eigenvalue weighted by atomic mass is 35.5. The van der Waals surface area contributed by atoms with Crippen molar-refractivity contribution in [1.82, 2.24) is 5.32 Å². The minimum Gasteiger partial charge on any atom is -0.490 e. The largest absolute Gasteiger partial charge is 0.490 e. The maximum absolute atomic E-state index is 14.4. The van der Waals surface area contributed by atoms with Gasteiger partial charge in [-0.3, -0.25) is 0 Å². The average molecular weight is 361 g/mol. The molecular formula is C20H22ClFN2O. The summed E-state index contributed by atoms with van der Waals surface area (Å²) in [5.41, 5.74) is 5.77. The molecule has 2 heterocycles. The predicted octanol–water partition coefficient (Wildman–Crippen LogP) is 3.87. The molecule has 0 aliphatic carbocycles. The van der Waals surface area contributed by atoms with E-state index in [2.05, 4.69) is 23.2 Å². The third-order valence-corrected chi connectivity index (χ3v) is 5.48. The van der Waals surface area contributed by atoms with Crippen molar-refractivity contribution >= 4 is 17.3 Å². The lowest BCUT2D eigenvalue weighted by molar-refractivity contribution is 0.305. The van der Waals surface area contributed by atoms with Gasteiger partial charge in [0.2, 0.25) is 0 Å². The van der Waals surface area contributed by atoms with E-state index in [0.29, 0.717) is 18.7 Å². The summed E-state index contributed by atoms with van der Waals surface area (Å²) in [6.45, 7) is 6.03. The molecular weight excluding hydrogens is 339 g/mol. The van der Waals surface area contributed by atoms with Crippen LogP contribution in [0.4, 0.5) is 10.1 Å². The van der Waals surface area contributed by atoms with Crippen LogP contribution in [-0.4, -0.2) is 26.2 Å². The van der Waals surface area contributed by atoms with Crippen molar-refractivity contribution in [1.29, 1.82) is 0 Å². The van der Waals surface area contributed by atoms with Crippen LogP contribution < -0.4 is 15.0 Å². The number of anilines is 1. The molecule has 1 N–H and O–H groups in total. The molecule has 0 unspecified atom stereocenters. The Balaban J connectivity index is 1.74. The van der Waals surface area contributed by atoms with Crippen molar-refractivity contribution in [3.8, 4) is 5.75 Å². The molecule has 0 amide bonds. The minimum absolute atomic E-state index is 0.177. The van der Waals surface area contributed by atoms with E-state index in [1.165, 1.54) is 16.7 Å². The maximum Gasteiger partial charge on any atom is 0.146 e. The molecule has 25 heavy (non-hydrogen) atoms. The van der Waals surface area contributed by atoms with Gasteiger partial charge in [0.05, 0.1) is 17.3 Å². The highest BCUT2D eigenvalue weighted by molar-refractivity contribution is 6.30. The normalized spacial score (nSPS) is 16.7. The Morgan fingerprint density at radius 3 is 3.00 bits per heavy atom. The fourth-order valence-corrected chi connectivity index (χ4v) is 4.12. The molecule has 0 atom stereocenters. The summed E-state index contributed by atoms with van der Waals surface area (Å²) in [6.07, 6.45) is 2.05. The van der Waals surface area contributed by atoms with Gasteiger partial charge in [-0.05, 0) is 61.7 Å². The van der Waals surface area contributed by atoms with Gasteiger partial charge in [0, 0.05) is 12.1 Å². The molecule has 0 spiro atoms. The Bertz CT molecular complexity index is 809. The molecule has 0 aromatic heterocycles. The van der Waals surface area contributed by atoms with Crippen LogP contribution in [0.3, 0.4) is 0 Å². The second-order valence-electron chi connectivity index (χ2n) is 6.72. The van der Waals surface area contributed by atoms with E-state index in [0.717, 1.165) is 43.9 Å². The highest BCUT2D eigenvalue weighted by Gasteiger charge is 2.25. The maximum atomic E-state index is 14.4. The fraction of sp³-hybridized carbons (Fsp3) is 0.400. The van der Waals surface area contributed by atoms with Gasteiger partial charge in [-0.1, -0.05) is 23.7 Å². The van der Waals surface area contributed by atoms with E-state index in [4.69, 9.17) is 16.3 Å². The summed E-state index contributed by atoms with van der Waals surface area (Å²) < 4.78 is 20.3. The summed E-state index contributed by atoms with van der Waals surface area (Å²) in [5.74, 6) is 0.598. The van der Waals surface area contributed by atoms with Gasteiger partial charge in [0.15, 0.2) is 0 Å². The van der Waals surface area contributed by atoms with Gasteiger partial charge in [-0.15, -0.1) is 0 Å². The topological polar surface area (TPSA) is 24.5 Å². The number of halogens is 2. The van der Waals surface area contributed by atoms with Crippen LogP contribution in [0, 0.1) is 12.7 Å². The van der Waals surface area contributed by atoms with Crippen LogP contribution in [0.1, 0.15) is 22.3 Å². The summed E-state index contributed by atoms with van der Waals surface area (Å²) in [7, 11) is 0. The van der Waals surface area contributed by atoms with Crippen LogP contribution in [-0.2, 0) is 19.4 Å². The van der Waals surface area contributed by atoms with Crippen molar-refractivity contribution in [2.45, 2.75) is 26.3 Å². The van der Waals surface area contributed by atoms with E-state index < -0.39 is 0 Å². The van der Waals surface area contributed by atoms with Gasteiger partial charge in [-0.2, -0.15) is 0 Å². The molecule has 5 heteroatoms. The van der Waals surface area contributed by atoms with Crippen molar-refractivity contribution in [3.63, 3.8) is 0 Å². The molecule has 3 nitrogen and oxygen atoms in total. The molecule has 2 aliphatic rings. The lowest BCUT2D eigenvalue weighted by Crippen LogP contribution is -2.33. The van der Waals surface area contributed by atoms with Gasteiger partial charge >= 0.3 is 0 Å². The second kappa shape index (κ2) is 6.85. The fourth-order valence-electron chi connectivity index (χ4n) is 3.93. The van der Waals surface area contributed by atoms with Crippen molar-refractivity contribution in [3.05, 3.63) is 57.4 Å². The van der Waals surface area contributed by atoms with Gasteiger partial charge < -0.3 is 15.0 Å². The Morgan fingerprint density at radius 1 is 1.28 bits per heavy atom. The molecule has 132 valence electrons. The van der Waals surface area contributed by atoms with Gasteiger partial charge in [0.25, 0.3) is 0 Å². The molecule has 0 radical (unpaired) electrons. The predicted molar refractivity (Wildman–Crippen MR) is 99.4 cm³/mol. The number of hydrogen-bond acceptors (Lipinski definition) is 3. The van der Waals surface area contributed by atoms with Crippen LogP contribution in [0.5, 0.6) is 5.75 Å². The van der Waals surface area contributed by atoms with E-state index in [9.17, 15) is 4.39 Å². The zero-order valence-electron chi connectivity index (χ0n) is 14.4. The quantitative estimate of drug-likeness (QED) is 0.879. The number of nitrogens with one attached hydrogen (secondary N) is 1. The van der Waals surface area contributed by atoms with Gasteiger partial charge in [0.1, 0.15) is 18.2 Å². The second-order valence-corrected chi connectivity index (χ2v) is 7.13. The molecule has 0 bridgehead atoms. The number of hydrogen-bond donors (Lipinski definition) is 1. The van der Waals surface area contributed by atoms with E-state index in [-0.39, 0.29) is 10.8 Å². The van der Waals surface area contributed by atoms with Crippen molar-refractivity contribution in [2.75, 3.05) is 31.1 Å². The smallest absolute Gasteiger partial charge is 0.146 e. The Kier molecular flexibility index (Phi) is 4.57. The van der Waals surface area contributed by atoms with Crippen LogP contribution in [0.15, 0.2) is 24.3 Å². The highest BCUT2D eigenvalue weighted by Crippen LogP contribution is 2.40. The number of fused-ring (bicyclic) bond motifs is 2. The number of rotatable bonds is 2. The Labute approximate surface area is 152 Å². The first-order chi connectivity index (χ1) is 12.1. The number of nitrogens with zero attached hydrogens (tertiary/aromatic N) is 1. The molecule has 2 aliphatic heterocycles. The molecule has 0 saturated heterocycles. The monoisotopic (exact) mass is 360 g/mol. The van der Waals surface area contributed by atoms with Crippen LogP contribution >= 0.6 is 11.6 Å². The number of ether oxygens (including phenoxy) is 1. The minimum atomic E-state index is -0.325. The summed E-state index contributed by atoms with van der Waals surface area (Å²) in [5, 5.41) is 3.63. The first kappa shape index (κ1) is 16.7. The first-order valence-electron chi connectivity index (χ1n) is 8.82. The standard InChI is InChI=1S/C20H22ClFN2O/c1-13-16-6-8-23-7-5-14(16)11-18-20(13)24(9-10-25-18)12-15-3-2-4-17(21)19(15)22/h2-4,11,23H,5-10,12H2,1H3. The van der Waals surface area contributed by atoms with Crippen LogP contribution in [0.2, 0.25) is 5.02 Å². The SMILES string of the molecule is Cc1c2c(cc3c1N(Cc1cccc(Cl)c1F)CCO3)CCNCC2. The molecule has 0 fully saturated rings. The summed E-state index contributed by atoms with van der Waals surface area (Å²) >= 11 is 5.95. The Hall–Kier alpha value is -1.78. The molecule has 2 aromatic rings. The lowest BCUT2D eigenvalue weighted by atomic mass is 9.94. The molecule has 0 saturated carbocycles. The molecule has 2 aromatic carbocycles.